The molecule has 2 amide bonds. The van der Waals surface area contributed by atoms with Crippen molar-refractivity contribution in [2.45, 2.75) is 70.6 Å². The molecule has 1 aliphatic carbocycles. The van der Waals surface area contributed by atoms with Gasteiger partial charge in [-0.15, -0.1) is 0 Å². The highest BCUT2D eigenvalue weighted by atomic mass is 16.4. The molecule has 0 heterocycles. The van der Waals surface area contributed by atoms with Crippen LogP contribution in [0.4, 0.5) is 4.79 Å². The van der Waals surface area contributed by atoms with Crippen LogP contribution in [0.3, 0.4) is 0 Å². The molecule has 0 spiro atoms. The van der Waals surface area contributed by atoms with Crippen LogP contribution in [0.1, 0.15) is 52.9 Å². The number of aliphatic carboxylic acids is 1. The summed E-state index contributed by atoms with van der Waals surface area (Å²) < 4.78 is 0. The van der Waals surface area contributed by atoms with Crippen molar-refractivity contribution in [3.05, 3.63) is 0 Å². The molecule has 134 valence electrons. The largest absolute Gasteiger partial charge is 0.479 e. The van der Waals surface area contributed by atoms with Gasteiger partial charge in [0.1, 0.15) is 0 Å². The van der Waals surface area contributed by atoms with Gasteiger partial charge in [-0.2, -0.15) is 0 Å². The molecule has 7 heteroatoms. The molecule has 1 saturated carbocycles. The van der Waals surface area contributed by atoms with Crippen molar-refractivity contribution in [1.29, 1.82) is 0 Å². The standard InChI is InChI=1S/C16H32N4O3/c1-16(2,3)20(12-9-7-6-8-10-12)15(23)19(11-17)13(14(21)22)18(4)5/h12-13H,6-11,17H2,1-5H3,(H,21,22). The summed E-state index contributed by atoms with van der Waals surface area (Å²) in [7, 11) is 3.27. The van der Waals surface area contributed by atoms with E-state index in [1.807, 2.05) is 25.7 Å². The summed E-state index contributed by atoms with van der Waals surface area (Å²) in [5.74, 6) is -1.08. The maximum atomic E-state index is 13.2. The first kappa shape index (κ1) is 19.7. The van der Waals surface area contributed by atoms with Crippen molar-refractivity contribution >= 4 is 12.0 Å². The predicted octanol–water partition coefficient (Wildman–Crippen LogP) is 1.73. The fourth-order valence-corrected chi connectivity index (χ4v) is 3.38. The number of nitrogens with two attached hydrogens (primary N) is 1. The molecule has 0 bridgehead atoms. The Balaban J connectivity index is 3.12. The minimum Gasteiger partial charge on any atom is -0.479 e. The zero-order valence-electron chi connectivity index (χ0n) is 15.1. The molecule has 1 rings (SSSR count). The van der Waals surface area contributed by atoms with Crippen LogP contribution in [0, 0.1) is 0 Å². The number of hydrogen-bond donors (Lipinski definition) is 2. The molecule has 23 heavy (non-hydrogen) atoms. The van der Waals surface area contributed by atoms with E-state index >= 15 is 0 Å². The van der Waals surface area contributed by atoms with E-state index in [1.165, 1.54) is 16.2 Å². The molecule has 3 N–H and O–H groups in total. The molecule has 0 aromatic heterocycles. The fraction of sp³-hybridized carbons (Fsp3) is 0.875. The number of hydrogen-bond acceptors (Lipinski definition) is 4. The van der Waals surface area contributed by atoms with Gasteiger partial charge in [-0.25, -0.2) is 9.59 Å². The van der Waals surface area contributed by atoms with Gasteiger partial charge < -0.3 is 15.7 Å². The number of urea groups is 1. The second kappa shape index (κ2) is 7.97. The van der Waals surface area contributed by atoms with E-state index in [0.29, 0.717) is 0 Å². The molecule has 1 unspecified atom stereocenters. The number of rotatable bonds is 5. The molecule has 1 fully saturated rings. The summed E-state index contributed by atoms with van der Waals surface area (Å²) in [6.45, 7) is 5.83. The highest BCUT2D eigenvalue weighted by Crippen LogP contribution is 2.29. The van der Waals surface area contributed by atoms with E-state index < -0.39 is 12.1 Å². The van der Waals surface area contributed by atoms with Crippen LogP contribution in [0.25, 0.3) is 0 Å². The van der Waals surface area contributed by atoms with Crippen molar-refractivity contribution in [1.82, 2.24) is 14.7 Å². The number of carboxylic acid groups (broad SMARTS) is 1. The number of carbonyl (C=O) groups excluding carboxylic acids is 1. The SMILES string of the molecule is CN(C)C(C(=O)O)N(CN)C(=O)N(C1CCCCC1)C(C)(C)C. The Bertz CT molecular complexity index is 414. The van der Waals surface area contributed by atoms with Crippen LogP contribution in [0.2, 0.25) is 0 Å². The topological polar surface area (TPSA) is 90.1 Å². The summed E-state index contributed by atoms with van der Waals surface area (Å²) in [4.78, 5) is 29.3. The van der Waals surface area contributed by atoms with Gasteiger partial charge >= 0.3 is 12.0 Å². The lowest BCUT2D eigenvalue weighted by Gasteiger charge is -2.46. The van der Waals surface area contributed by atoms with E-state index in [2.05, 4.69) is 0 Å². The van der Waals surface area contributed by atoms with E-state index in [9.17, 15) is 14.7 Å². The molecule has 0 saturated heterocycles. The average Bonchev–Trinajstić information content (AvgIpc) is 2.43. The fourth-order valence-electron chi connectivity index (χ4n) is 3.38. The van der Waals surface area contributed by atoms with Crippen LogP contribution < -0.4 is 5.73 Å². The summed E-state index contributed by atoms with van der Waals surface area (Å²) in [6.07, 6.45) is 4.24. The molecule has 7 nitrogen and oxygen atoms in total. The van der Waals surface area contributed by atoms with Crippen molar-refractivity contribution in [2.24, 2.45) is 5.73 Å². The Morgan fingerprint density at radius 1 is 1.17 bits per heavy atom. The van der Waals surface area contributed by atoms with Crippen molar-refractivity contribution in [3.63, 3.8) is 0 Å². The molecule has 0 aromatic rings. The summed E-state index contributed by atoms with van der Waals surface area (Å²) in [5, 5.41) is 9.48. The minimum atomic E-state index is -1.08. The first-order chi connectivity index (χ1) is 10.6. The maximum Gasteiger partial charge on any atom is 0.341 e. The third-order valence-corrected chi connectivity index (χ3v) is 4.32. The lowest BCUT2D eigenvalue weighted by molar-refractivity contribution is -0.148. The number of nitrogens with zero attached hydrogens (tertiary/aromatic N) is 3. The quantitative estimate of drug-likeness (QED) is 0.750. The predicted molar refractivity (Wildman–Crippen MR) is 89.9 cm³/mol. The Hall–Kier alpha value is -1.34. The third kappa shape index (κ3) is 4.81. The smallest absolute Gasteiger partial charge is 0.341 e. The van der Waals surface area contributed by atoms with Gasteiger partial charge in [0, 0.05) is 11.6 Å². The van der Waals surface area contributed by atoms with Gasteiger partial charge in [-0.1, -0.05) is 19.3 Å². The monoisotopic (exact) mass is 328 g/mol. The summed E-state index contributed by atoms with van der Waals surface area (Å²) >= 11 is 0. The Kier molecular flexibility index (Phi) is 6.83. The maximum absolute atomic E-state index is 13.2. The van der Waals surface area contributed by atoms with E-state index in [1.54, 1.807) is 14.1 Å². The molecule has 0 aromatic carbocycles. The van der Waals surface area contributed by atoms with Gasteiger partial charge in [-0.05, 0) is 47.7 Å². The van der Waals surface area contributed by atoms with Gasteiger partial charge in [0.05, 0.1) is 6.67 Å². The third-order valence-electron chi connectivity index (χ3n) is 4.32. The molecule has 0 radical (unpaired) electrons. The Morgan fingerprint density at radius 3 is 2.04 bits per heavy atom. The van der Waals surface area contributed by atoms with Gasteiger partial charge in [-0.3, -0.25) is 9.80 Å². The van der Waals surface area contributed by atoms with Crippen LogP contribution in [-0.4, -0.2) is 70.3 Å². The zero-order chi connectivity index (χ0) is 17.8. The van der Waals surface area contributed by atoms with Crippen molar-refractivity contribution < 1.29 is 14.7 Å². The van der Waals surface area contributed by atoms with E-state index in [4.69, 9.17) is 5.73 Å². The number of amides is 2. The number of carboxylic acids is 1. The first-order valence-electron chi connectivity index (χ1n) is 8.30. The van der Waals surface area contributed by atoms with Crippen molar-refractivity contribution in [3.8, 4) is 0 Å². The first-order valence-corrected chi connectivity index (χ1v) is 8.30. The van der Waals surface area contributed by atoms with Gasteiger partial charge in [0.25, 0.3) is 0 Å². The molecule has 1 atom stereocenters. The highest BCUT2D eigenvalue weighted by Gasteiger charge is 2.40. The van der Waals surface area contributed by atoms with Crippen molar-refractivity contribution in [2.75, 3.05) is 20.8 Å². The van der Waals surface area contributed by atoms with Gasteiger partial charge in [0.15, 0.2) is 6.17 Å². The number of carbonyl (C=O) groups is 2. The van der Waals surface area contributed by atoms with Gasteiger partial charge in [0.2, 0.25) is 0 Å². The summed E-state index contributed by atoms with van der Waals surface area (Å²) in [6, 6.07) is -0.157. The lowest BCUT2D eigenvalue weighted by atomic mass is 9.91. The number of likely N-dealkylation sites (N-methyl/N-ethyl adjacent to an activating group) is 1. The minimum absolute atomic E-state index is 0.132. The molecular formula is C16H32N4O3. The van der Waals surface area contributed by atoms with Crippen LogP contribution in [0.15, 0.2) is 0 Å². The Labute approximate surface area is 139 Å². The lowest BCUT2D eigenvalue weighted by Crippen LogP contribution is -2.63. The second-order valence-electron chi connectivity index (χ2n) is 7.44. The van der Waals surface area contributed by atoms with E-state index in [-0.39, 0.29) is 24.3 Å². The average molecular weight is 328 g/mol. The normalized spacial score (nSPS) is 17.9. The molecular weight excluding hydrogens is 296 g/mol. The molecule has 0 aliphatic heterocycles. The molecule has 1 aliphatic rings. The second-order valence-corrected chi connectivity index (χ2v) is 7.44. The van der Waals surface area contributed by atoms with Crippen LogP contribution in [-0.2, 0) is 4.79 Å². The highest BCUT2D eigenvalue weighted by molar-refractivity contribution is 5.83. The van der Waals surface area contributed by atoms with Crippen LogP contribution >= 0.6 is 0 Å². The van der Waals surface area contributed by atoms with E-state index in [0.717, 1.165) is 25.7 Å². The zero-order valence-corrected chi connectivity index (χ0v) is 15.1. The van der Waals surface area contributed by atoms with Crippen LogP contribution in [0.5, 0.6) is 0 Å². The summed E-state index contributed by atoms with van der Waals surface area (Å²) in [5.41, 5.74) is 5.36. The Morgan fingerprint density at radius 2 is 1.70 bits per heavy atom.